The minimum atomic E-state index is -0.0241. The molecule has 0 fully saturated rings. The highest BCUT2D eigenvalue weighted by atomic mass is 79.9. The van der Waals surface area contributed by atoms with Crippen LogP contribution in [0.25, 0.3) is 0 Å². The number of carbonyl (C=O) groups excluding carboxylic acids is 1. The molecule has 2 nitrogen and oxygen atoms in total. The van der Waals surface area contributed by atoms with E-state index in [2.05, 4.69) is 67.0 Å². The molecule has 1 aromatic heterocycles. The zero-order chi connectivity index (χ0) is 13.0. The van der Waals surface area contributed by atoms with Gasteiger partial charge in [-0.25, -0.2) is 0 Å². The number of rotatable bonds is 5. The maximum absolute atomic E-state index is 12.1. The van der Waals surface area contributed by atoms with Gasteiger partial charge in [-0.1, -0.05) is 29.8 Å². The van der Waals surface area contributed by atoms with Crippen molar-refractivity contribution in [1.29, 1.82) is 0 Å². The lowest BCUT2D eigenvalue weighted by Crippen LogP contribution is -2.36. The lowest BCUT2D eigenvalue weighted by Gasteiger charge is -2.18. The molecule has 1 N–H and O–H groups in total. The molecule has 0 aliphatic heterocycles. The third kappa shape index (κ3) is 5.01. The van der Waals surface area contributed by atoms with Gasteiger partial charge in [0.1, 0.15) is 0 Å². The van der Waals surface area contributed by atoms with Crippen LogP contribution in [0.4, 0.5) is 0 Å². The van der Waals surface area contributed by atoms with Gasteiger partial charge in [-0.2, -0.15) is 0 Å². The molecule has 0 radical (unpaired) electrons. The number of alkyl halides is 1. The van der Waals surface area contributed by atoms with Crippen LogP contribution in [0.2, 0.25) is 0 Å². The van der Waals surface area contributed by atoms with Crippen LogP contribution in [-0.2, 0) is 0 Å². The van der Waals surface area contributed by atoms with Crippen LogP contribution in [0, 0.1) is 5.92 Å². The molecule has 1 aromatic rings. The Morgan fingerprint density at radius 1 is 1.47 bits per heavy atom. The van der Waals surface area contributed by atoms with Crippen molar-refractivity contribution < 1.29 is 4.79 Å². The Bertz CT molecular complexity index is 392. The quantitative estimate of drug-likeness (QED) is 0.644. The second-order valence-corrected chi connectivity index (χ2v) is 8.59. The molecule has 96 valence electrons. The molecule has 0 aliphatic carbocycles. The Kier molecular flexibility index (Phi) is 6.69. The number of halogens is 3. The lowest BCUT2D eigenvalue weighted by atomic mass is 10.1. The van der Waals surface area contributed by atoms with E-state index in [1.54, 1.807) is 0 Å². The summed E-state index contributed by atoms with van der Waals surface area (Å²) < 4.78 is 1.81. The smallest absolute Gasteiger partial charge is 0.253 e. The Morgan fingerprint density at radius 3 is 2.53 bits per heavy atom. The van der Waals surface area contributed by atoms with Gasteiger partial charge in [0.15, 0.2) is 0 Å². The molecular weight excluding hydrogens is 434 g/mol. The van der Waals surface area contributed by atoms with Gasteiger partial charge in [-0.15, -0.1) is 11.3 Å². The number of hydrogen-bond donors (Lipinski definition) is 1. The fraction of sp³-hybridized carbons (Fsp3) is 0.545. The first kappa shape index (κ1) is 15.7. The second kappa shape index (κ2) is 7.26. The van der Waals surface area contributed by atoms with Gasteiger partial charge >= 0.3 is 0 Å². The normalized spacial score (nSPS) is 12.8. The van der Waals surface area contributed by atoms with Gasteiger partial charge in [0.2, 0.25) is 0 Å². The van der Waals surface area contributed by atoms with Gasteiger partial charge in [0, 0.05) is 11.4 Å². The molecule has 1 heterocycles. The Morgan fingerprint density at radius 2 is 2.12 bits per heavy atom. The van der Waals surface area contributed by atoms with Gasteiger partial charge in [0.05, 0.1) is 13.1 Å². The first-order valence-corrected chi connectivity index (χ1v) is 8.78. The third-order valence-electron chi connectivity index (χ3n) is 2.18. The molecule has 1 atom stereocenters. The predicted octanol–water partition coefficient (Wildman–Crippen LogP) is 4.81. The predicted molar refractivity (Wildman–Crippen MR) is 84.2 cm³/mol. The van der Waals surface area contributed by atoms with Crippen LogP contribution in [0.5, 0.6) is 0 Å². The summed E-state index contributed by atoms with van der Waals surface area (Å²) >= 11 is 11.7. The summed E-state index contributed by atoms with van der Waals surface area (Å²) in [4.78, 5) is 12.1. The summed E-state index contributed by atoms with van der Waals surface area (Å²) in [5, 5.41) is 3.82. The summed E-state index contributed by atoms with van der Waals surface area (Å²) in [6.07, 6.45) is 0.972. The van der Waals surface area contributed by atoms with Crippen molar-refractivity contribution in [3.63, 3.8) is 0 Å². The van der Waals surface area contributed by atoms with Crippen molar-refractivity contribution in [3.8, 4) is 0 Å². The molecule has 0 saturated heterocycles. The highest BCUT2D eigenvalue weighted by Crippen LogP contribution is 2.31. The van der Waals surface area contributed by atoms with E-state index < -0.39 is 0 Å². The lowest BCUT2D eigenvalue weighted by molar-refractivity contribution is 0.0937. The van der Waals surface area contributed by atoms with Gasteiger partial charge < -0.3 is 5.32 Å². The van der Waals surface area contributed by atoms with Crippen molar-refractivity contribution in [2.45, 2.75) is 26.3 Å². The molecule has 17 heavy (non-hydrogen) atoms. The summed E-state index contributed by atoms with van der Waals surface area (Å²) in [5.74, 6) is 0.541. The zero-order valence-electron chi connectivity index (χ0n) is 9.60. The van der Waals surface area contributed by atoms with Gasteiger partial charge in [0.25, 0.3) is 5.91 Å². The van der Waals surface area contributed by atoms with Crippen molar-refractivity contribution in [3.05, 3.63) is 19.2 Å². The number of nitrogens with one attached hydrogen (secondary N) is 1. The minimum Gasteiger partial charge on any atom is -0.348 e. The number of amides is 1. The first-order valence-electron chi connectivity index (χ1n) is 5.25. The summed E-state index contributed by atoms with van der Waals surface area (Å²) in [6, 6.07) is 2.01. The minimum absolute atomic E-state index is 0.0241. The van der Waals surface area contributed by atoms with E-state index in [9.17, 15) is 4.79 Å². The molecule has 1 unspecified atom stereocenters. The van der Waals surface area contributed by atoms with Crippen LogP contribution in [0.15, 0.2) is 13.6 Å². The van der Waals surface area contributed by atoms with Gasteiger partial charge in [-0.3, -0.25) is 4.79 Å². The Balaban J connectivity index is 2.67. The number of thiophene rings is 1. The zero-order valence-corrected chi connectivity index (χ0v) is 15.2. The maximum Gasteiger partial charge on any atom is 0.253 e. The van der Waals surface area contributed by atoms with Crippen molar-refractivity contribution in [2.75, 3.05) is 5.33 Å². The van der Waals surface area contributed by atoms with E-state index in [-0.39, 0.29) is 11.9 Å². The molecule has 1 rings (SSSR count). The van der Waals surface area contributed by atoms with E-state index >= 15 is 0 Å². The van der Waals surface area contributed by atoms with Crippen molar-refractivity contribution in [1.82, 2.24) is 5.32 Å². The van der Waals surface area contributed by atoms with E-state index in [0.717, 1.165) is 19.3 Å². The van der Waals surface area contributed by atoms with E-state index in [1.165, 1.54) is 11.3 Å². The molecule has 0 aliphatic rings. The largest absolute Gasteiger partial charge is 0.348 e. The molecule has 0 spiro atoms. The Hall–Kier alpha value is 0.610. The Labute approximate surface area is 131 Å². The topological polar surface area (TPSA) is 29.1 Å². The third-order valence-corrected chi connectivity index (χ3v) is 5.30. The molecule has 6 heteroatoms. The summed E-state index contributed by atoms with van der Waals surface area (Å²) in [7, 11) is 0. The molecule has 0 aromatic carbocycles. The monoisotopic (exact) mass is 445 g/mol. The van der Waals surface area contributed by atoms with E-state index in [4.69, 9.17) is 0 Å². The first-order chi connectivity index (χ1) is 7.93. The number of carbonyl (C=O) groups is 1. The molecule has 1 amide bonds. The average molecular weight is 448 g/mol. The van der Waals surface area contributed by atoms with Crippen molar-refractivity contribution >= 4 is 65.0 Å². The van der Waals surface area contributed by atoms with Crippen LogP contribution in [0.1, 0.15) is 30.6 Å². The van der Waals surface area contributed by atoms with Crippen LogP contribution in [-0.4, -0.2) is 17.3 Å². The fourth-order valence-corrected chi connectivity index (χ4v) is 4.71. The summed E-state index contributed by atoms with van der Waals surface area (Å²) in [5.41, 5.74) is 0.691. The fourth-order valence-electron chi connectivity index (χ4n) is 1.49. The van der Waals surface area contributed by atoms with E-state index in [0.29, 0.717) is 11.5 Å². The second-order valence-electron chi connectivity index (χ2n) is 4.19. The number of hydrogen-bond acceptors (Lipinski definition) is 2. The van der Waals surface area contributed by atoms with Crippen molar-refractivity contribution in [2.24, 2.45) is 5.92 Å². The van der Waals surface area contributed by atoms with E-state index in [1.807, 2.05) is 6.07 Å². The van der Waals surface area contributed by atoms with Gasteiger partial charge in [-0.05, 0) is 50.3 Å². The highest BCUT2D eigenvalue weighted by Gasteiger charge is 2.17. The highest BCUT2D eigenvalue weighted by molar-refractivity contribution is 9.12. The van der Waals surface area contributed by atoms with Crippen LogP contribution >= 0.6 is 59.1 Å². The molecule has 0 bridgehead atoms. The maximum atomic E-state index is 12.1. The standard InChI is InChI=1S/C11H14Br3NOS/c1-6(2)3-7(5-12)15-11(16)8-4-9(13)17-10(8)14/h4,6-7H,3,5H2,1-2H3,(H,15,16). The molecular formula is C11H14Br3NOS. The summed E-state index contributed by atoms with van der Waals surface area (Å²) in [6.45, 7) is 4.30. The average Bonchev–Trinajstić information content (AvgIpc) is 2.56. The molecule has 0 saturated carbocycles. The SMILES string of the molecule is CC(C)CC(CBr)NC(=O)c1cc(Br)sc1Br. The van der Waals surface area contributed by atoms with Crippen LogP contribution in [0.3, 0.4) is 0 Å². The van der Waals surface area contributed by atoms with Crippen LogP contribution < -0.4 is 5.32 Å².